The van der Waals surface area contributed by atoms with E-state index in [1.807, 2.05) is 4.90 Å². The lowest BCUT2D eigenvalue weighted by Gasteiger charge is -2.40. The molecule has 21 heteroatoms. The third-order valence-electron chi connectivity index (χ3n) is 16.3. The molecule has 16 unspecified atom stereocenters. The molecule has 9 fully saturated rings. The molecular weight excluding hydrogens is 821 g/mol. The zero-order valence-corrected chi connectivity index (χ0v) is 35.7. The summed E-state index contributed by atoms with van der Waals surface area (Å²) in [4.78, 5) is -1.61. The molecule has 1 aromatic rings. The van der Waals surface area contributed by atoms with Gasteiger partial charge in [0, 0.05) is 0 Å². The molecule has 330 valence electrons. The van der Waals surface area contributed by atoms with E-state index in [9.17, 15) is 34.4 Å². The number of rotatable bonds is 4. The first-order valence-electron chi connectivity index (χ1n) is 22.1. The summed E-state index contributed by atoms with van der Waals surface area (Å²) in [7, 11) is -15.7. The number of sulfonamides is 1. The fourth-order valence-corrected chi connectivity index (χ4v) is 16.9. The number of anilines is 2. The Morgan fingerprint density at radius 3 is 1.05 bits per heavy atom. The average molecular weight is 883 g/mol. The summed E-state index contributed by atoms with van der Waals surface area (Å²) < 4.78 is 100. The van der Waals surface area contributed by atoms with Gasteiger partial charge in [-0.15, -0.1) is 0 Å². The highest BCUT2D eigenvalue weighted by Gasteiger charge is 2.57. The zero-order chi connectivity index (χ0) is 41.2. The molecule has 0 spiro atoms. The van der Waals surface area contributed by atoms with Gasteiger partial charge in [-0.2, -0.15) is 16.8 Å². The molecule has 5 saturated heterocycles. The van der Waals surface area contributed by atoms with Gasteiger partial charge >= 0.3 is 0 Å². The minimum absolute atomic E-state index is 0.000717. The van der Waals surface area contributed by atoms with E-state index in [2.05, 4.69) is 37.2 Å². The number of nitrogen functional groups attached to an aromatic ring is 1. The van der Waals surface area contributed by atoms with E-state index in [0.29, 0.717) is 23.7 Å². The number of benzene rings is 1. The van der Waals surface area contributed by atoms with Gasteiger partial charge in [0.1, 0.15) is 14.7 Å². The number of fused-ring (bicyclic) bond motifs is 20. The Labute approximate surface area is 347 Å². The topological polar surface area (TPSA) is 282 Å². The van der Waals surface area contributed by atoms with E-state index in [1.54, 1.807) is 0 Å². The fourth-order valence-electron chi connectivity index (χ4n) is 14.0. The van der Waals surface area contributed by atoms with Crippen LogP contribution in [-0.2, 0) is 30.3 Å². The lowest BCUT2D eigenvalue weighted by molar-refractivity contribution is 0.167. The van der Waals surface area contributed by atoms with E-state index >= 15 is 0 Å². The van der Waals surface area contributed by atoms with Gasteiger partial charge in [-0.25, -0.2) is 13.6 Å². The van der Waals surface area contributed by atoms with E-state index < -0.39 is 63.0 Å². The Hall–Kier alpha value is -1.73. The van der Waals surface area contributed by atoms with Crippen molar-refractivity contribution >= 4 is 41.6 Å². The maximum absolute atomic E-state index is 13.5. The lowest BCUT2D eigenvalue weighted by Crippen LogP contribution is -2.63. The van der Waals surface area contributed by atoms with E-state index in [0.717, 1.165) is 83.1 Å². The predicted molar refractivity (Wildman–Crippen MR) is 218 cm³/mol. The molecular formula is C38H62N10O8S3. The van der Waals surface area contributed by atoms with Crippen molar-refractivity contribution in [2.24, 2.45) is 52.5 Å². The van der Waals surface area contributed by atoms with Gasteiger partial charge in [-0.3, -0.25) is 46.3 Å². The van der Waals surface area contributed by atoms with Gasteiger partial charge < -0.3 is 10.6 Å². The molecule has 1 aromatic carbocycles. The third kappa shape index (κ3) is 7.15. The number of nitrogens with one attached hydrogen (secondary N) is 7. The molecule has 13 N–H and O–H groups in total. The molecule has 5 heterocycles. The normalized spacial score (nSPS) is 43.7. The molecule has 0 radical (unpaired) electrons. The third-order valence-corrected chi connectivity index (χ3v) is 19.3. The largest absolute Gasteiger partial charge is 0.396 e. The van der Waals surface area contributed by atoms with Gasteiger partial charge in [0.2, 0.25) is 10.0 Å². The van der Waals surface area contributed by atoms with Crippen LogP contribution < -0.4 is 53.0 Å². The van der Waals surface area contributed by atoms with Crippen molar-refractivity contribution in [3.05, 3.63) is 6.07 Å². The van der Waals surface area contributed by atoms with Crippen LogP contribution in [0.25, 0.3) is 0 Å². The van der Waals surface area contributed by atoms with Crippen molar-refractivity contribution < 1.29 is 34.4 Å². The summed E-state index contributed by atoms with van der Waals surface area (Å²) in [5.41, 5.74) is 4.92. The van der Waals surface area contributed by atoms with Crippen LogP contribution in [0.5, 0.6) is 0 Å². The van der Waals surface area contributed by atoms with E-state index in [-0.39, 0.29) is 66.4 Å². The molecule has 4 saturated carbocycles. The van der Waals surface area contributed by atoms with Crippen LogP contribution in [0.15, 0.2) is 20.8 Å². The second-order valence-corrected chi connectivity index (χ2v) is 23.5. The summed E-state index contributed by atoms with van der Waals surface area (Å²) in [6.07, 6.45) is 15.3. The molecule has 0 aromatic heterocycles. The maximum atomic E-state index is 13.5. The minimum atomic E-state index is -5.46. The van der Waals surface area contributed by atoms with Gasteiger partial charge in [0.05, 0.1) is 60.7 Å². The molecule has 4 aliphatic carbocycles. The second kappa shape index (κ2) is 15.2. The van der Waals surface area contributed by atoms with Crippen LogP contribution in [0.1, 0.15) is 103 Å². The number of nitrogens with zero attached hydrogens (tertiary/aromatic N) is 1. The summed E-state index contributed by atoms with van der Waals surface area (Å²) in [6.45, 7) is 0. The van der Waals surface area contributed by atoms with Crippen molar-refractivity contribution in [2.45, 2.75) is 167 Å². The molecule has 0 amide bonds. The van der Waals surface area contributed by atoms with Gasteiger partial charge in [0.25, 0.3) is 20.2 Å². The number of hydrogen-bond acceptors (Lipinski definition) is 15. The molecule has 16 atom stereocenters. The monoisotopic (exact) mass is 882 g/mol. The first-order chi connectivity index (χ1) is 28.1. The van der Waals surface area contributed by atoms with Crippen LogP contribution in [0.4, 0.5) is 11.4 Å². The Bertz CT molecular complexity index is 2080. The Kier molecular flexibility index (Phi) is 10.7. The SMILES string of the molecule is Nc1c(S(=O)(=O)O)c(N2C3NC4NC(NC5NC(NC6NC(NC2C2CCCCC23)C2CCCCC62)C2CCCCC52)C2CCCCC42)cc(S(N)(=O)=O)c1S(=O)(=O)O. The van der Waals surface area contributed by atoms with E-state index in [4.69, 9.17) is 10.9 Å². The fraction of sp³-hybridized carbons (Fsp3) is 0.842. The molecule has 59 heavy (non-hydrogen) atoms. The summed E-state index contributed by atoms with van der Waals surface area (Å²) >= 11 is 0. The maximum Gasteiger partial charge on any atom is 0.298 e. The average Bonchev–Trinajstić information content (AvgIpc) is 3.91. The predicted octanol–water partition coefficient (Wildman–Crippen LogP) is 1.25. The molecule has 8 bridgehead atoms. The zero-order valence-electron chi connectivity index (χ0n) is 33.3. The van der Waals surface area contributed by atoms with E-state index in [1.165, 1.54) is 25.7 Å². The number of hydrogen-bond donors (Lipinski definition) is 11. The van der Waals surface area contributed by atoms with Crippen molar-refractivity contribution in [1.29, 1.82) is 0 Å². The highest BCUT2D eigenvalue weighted by atomic mass is 32.2. The van der Waals surface area contributed by atoms with Crippen molar-refractivity contribution in [1.82, 2.24) is 37.2 Å². The van der Waals surface area contributed by atoms with Crippen molar-refractivity contribution in [2.75, 3.05) is 10.6 Å². The molecule has 18 nitrogen and oxygen atoms in total. The smallest absolute Gasteiger partial charge is 0.298 e. The standard InChI is InChI=1S/C38H62N10O8S3/c39-28-29(58(51,52)53)26(17-27(57(40,49)50)30(28)59(54,55)56)48-37-24-15-7-8-16-25(24)38(48)47-36-23-14-6-4-12-21(23)34(45-36)43-32-19-10-2-1-9-18(19)31(41-32)42-33-20-11-3-5-13-22(20)35(44-33)46-37/h17-25,31-38,41-47H,1-16,39H2,(H2,40,49,50)(H,51,52,53)(H,54,55,56). The first kappa shape index (κ1) is 41.3. The van der Waals surface area contributed by atoms with Crippen LogP contribution >= 0.6 is 0 Å². The Morgan fingerprint density at radius 2 is 0.763 bits per heavy atom. The molecule has 5 aliphatic heterocycles. The number of nitrogens with two attached hydrogens (primary N) is 2. The number of primary sulfonamides is 1. The highest BCUT2D eigenvalue weighted by molar-refractivity contribution is 7.91. The summed E-state index contributed by atoms with van der Waals surface area (Å²) in [5, 5.41) is 33.8. The van der Waals surface area contributed by atoms with Crippen LogP contribution in [0.3, 0.4) is 0 Å². The van der Waals surface area contributed by atoms with Crippen LogP contribution in [-0.4, -0.2) is 83.7 Å². The van der Waals surface area contributed by atoms with Crippen molar-refractivity contribution in [3.63, 3.8) is 0 Å². The lowest BCUT2D eigenvalue weighted by atomic mass is 9.76. The van der Waals surface area contributed by atoms with Gasteiger partial charge in [0.15, 0.2) is 0 Å². The van der Waals surface area contributed by atoms with Crippen LogP contribution in [0.2, 0.25) is 0 Å². The summed E-state index contributed by atoms with van der Waals surface area (Å²) in [5.74, 6) is 1.99. The second-order valence-electron chi connectivity index (χ2n) is 19.2. The minimum Gasteiger partial charge on any atom is -0.396 e. The summed E-state index contributed by atoms with van der Waals surface area (Å²) in [6, 6.07) is 0.869. The van der Waals surface area contributed by atoms with Gasteiger partial charge in [-0.05, 0) is 105 Å². The first-order valence-corrected chi connectivity index (χ1v) is 26.6. The highest BCUT2D eigenvalue weighted by Crippen LogP contribution is 2.51. The molecule has 9 aliphatic rings. The van der Waals surface area contributed by atoms with Crippen LogP contribution in [0, 0.1) is 47.3 Å². The van der Waals surface area contributed by atoms with Crippen molar-refractivity contribution in [3.8, 4) is 0 Å². The molecule has 10 rings (SSSR count). The Balaban J connectivity index is 1.16. The quantitative estimate of drug-likeness (QED) is 0.150. The van der Waals surface area contributed by atoms with Gasteiger partial charge in [-0.1, -0.05) is 51.4 Å². The Morgan fingerprint density at radius 1 is 0.475 bits per heavy atom.